The van der Waals surface area contributed by atoms with E-state index in [1.807, 2.05) is 27.7 Å². The molecule has 0 unspecified atom stereocenters. The Kier molecular flexibility index (Phi) is 12.0. The first-order valence-electron chi connectivity index (χ1n) is 19.0. The van der Waals surface area contributed by atoms with Gasteiger partial charge < -0.3 is 14.8 Å². The average Bonchev–Trinajstić information content (AvgIpc) is 3.40. The van der Waals surface area contributed by atoms with Gasteiger partial charge in [-0.2, -0.15) is 0 Å². The van der Waals surface area contributed by atoms with Crippen LogP contribution in [0.25, 0.3) is 0 Å². The van der Waals surface area contributed by atoms with E-state index in [9.17, 15) is 28.8 Å². The van der Waals surface area contributed by atoms with Crippen molar-refractivity contribution in [2.75, 3.05) is 6.54 Å². The van der Waals surface area contributed by atoms with Crippen LogP contribution in [0.5, 0.6) is 0 Å². The number of nitrogens with one attached hydrogen (secondary N) is 1. The van der Waals surface area contributed by atoms with Crippen LogP contribution in [0.2, 0.25) is 0 Å². The number of carbonyl (C=O) groups is 6. The quantitative estimate of drug-likeness (QED) is 0.176. The Balaban J connectivity index is 1.36. The van der Waals surface area contributed by atoms with Gasteiger partial charge >= 0.3 is 0 Å². The highest BCUT2D eigenvalue weighted by Gasteiger charge is 2.52. The van der Waals surface area contributed by atoms with Gasteiger partial charge in [0.15, 0.2) is 23.2 Å². The van der Waals surface area contributed by atoms with Crippen molar-refractivity contribution in [3.63, 3.8) is 0 Å². The molecule has 10 nitrogen and oxygen atoms in total. The standard InChI is InChI=1S/C39H58N4O6/c1-6-11-26(34(47)31(45)20-24-16-17-24)21-30(44)33-28-15-10-14-27(28)23-43(33)38(49)35(39(2,3)4)41-37(48)29(25-12-8-7-9-13-25)22-32(46)36-40-18-19-42(36)5/h18-19,24-29,33,35H,6-17,20-23H2,1-5H3,(H,41,48)/t26-,27+,28+,29+,33+,35-/m1/s1. The van der Waals surface area contributed by atoms with Gasteiger partial charge in [0.2, 0.25) is 17.6 Å². The number of imidazole rings is 1. The molecule has 6 atom stereocenters. The van der Waals surface area contributed by atoms with E-state index in [1.54, 1.807) is 28.9 Å². The number of nitrogens with zero attached hydrogens (tertiary/aromatic N) is 3. The maximum Gasteiger partial charge on any atom is 0.246 e. The highest BCUT2D eigenvalue weighted by atomic mass is 16.2. The summed E-state index contributed by atoms with van der Waals surface area (Å²) in [6, 6.07) is -1.58. The molecule has 4 aliphatic rings. The van der Waals surface area contributed by atoms with Gasteiger partial charge in [-0.15, -0.1) is 0 Å². The van der Waals surface area contributed by atoms with Gasteiger partial charge in [0.1, 0.15) is 6.04 Å². The Morgan fingerprint density at radius 2 is 1.65 bits per heavy atom. The summed E-state index contributed by atoms with van der Waals surface area (Å²) in [4.78, 5) is 88.5. The van der Waals surface area contributed by atoms with E-state index in [-0.39, 0.29) is 66.2 Å². The van der Waals surface area contributed by atoms with E-state index in [0.717, 1.165) is 64.2 Å². The van der Waals surface area contributed by atoms with Crippen LogP contribution >= 0.6 is 0 Å². The van der Waals surface area contributed by atoms with E-state index in [2.05, 4.69) is 10.3 Å². The molecule has 0 aromatic carbocycles. The number of hydrogen-bond acceptors (Lipinski definition) is 7. The lowest BCUT2D eigenvalue weighted by Gasteiger charge is -2.38. The van der Waals surface area contributed by atoms with Gasteiger partial charge in [-0.05, 0) is 74.0 Å². The summed E-state index contributed by atoms with van der Waals surface area (Å²) in [5.41, 5.74) is -0.672. The minimum Gasteiger partial charge on any atom is -0.344 e. The molecular weight excluding hydrogens is 620 g/mol. The molecule has 1 aromatic rings. The van der Waals surface area contributed by atoms with Crippen LogP contribution in [-0.4, -0.2) is 68.0 Å². The summed E-state index contributed by atoms with van der Waals surface area (Å²) in [6.45, 7) is 8.15. The molecule has 49 heavy (non-hydrogen) atoms. The fourth-order valence-corrected chi connectivity index (χ4v) is 8.89. The predicted molar refractivity (Wildman–Crippen MR) is 185 cm³/mol. The molecule has 270 valence electrons. The lowest BCUT2D eigenvalue weighted by Crippen LogP contribution is -2.58. The van der Waals surface area contributed by atoms with Crippen LogP contribution < -0.4 is 5.32 Å². The number of ketones is 4. The number of hydrogen-bond donors (Lipinski definition) is 1. The highest BCUT2D eigenvalue weighted by Crippen LogP contribution is 2.44. The van der Waals surface area contributed by atoms with Gasteiger partial charge in [-0.3, -0.25) is 28.8 Å². The molecular formula is C39H58N4O6. The van der Waals surface area contributed by atoms with Crippen molar-refractivity contribution in [1.29, 1.82) is 0 Å². The molecule has 0 spiro atoms. The highest BCUT2D eigenvalue weighted by molar-refractivity contribution is 6.38. The molecule has 1 aromatic heterocycles. The van der Waals surface area contributed by atoms with Crippen molar-refractivity contribution < 1.29 is 28.8 Å². The first-order chi connectivity index (χ1) is 23.3. The summed E-state index contributed by atoms with van der Waals surface area (Å²) in [5.74, 6) is -2.12. The van der Waals surface area contributed by atoms with Gasteiger partial charge in [-0.25, -0.2) is 4.98 Å². The average molecular weight is 679 g/mol. The number of amides is 2. The first kappa shape index (κ1) is 37.1. The summed E-state index contributed by atoms with van der Waals surface area (Å²) in [6.07, 6.45) is 14.2. The molecule has 1 aliphatic heterocycles. The Bertz CT molecular complexity index is 1400. The number of rotatable bonds is 16. The minimum absolute atomic E-state index is 0.0118. The van der Waals surface area contributed by atoms with Crippen molar-refractivity contribution in [2.45, 2.75) is 136 Å². The third-order valence-corrected chi connectivity index (χ3v) is 11.8. The molecule has 1 N–H and O–H groups in total. The molecule has 5 rings (SSSR count). The van der Waals surface area contributed by atoms with Gasteiger partial charge in [0, 0.05) is 57.1 Å². The zero-order valence-corrected chi connectivity index (χ0v) is 30.4. The molecule has 2 heterocycles. The van der Waals surface area contributed by atoms with Gasteiger partial charge in [0.25, 0.3) is 0 Å². The van der Waals surface area contributed by atoms with Crippen molar-refractivity contribution in [3.8, 4) is 0 Å². The minimum atomic E-state index is -0.906. The zero-order chi connectivity index (χ0) is 35.5. The zero-order valence-electron chi connectivity index (χ0n) is 30.4. The Labute approximate surface area is 291 Å². The Hall–Kier alpha value is -3.17. The van der Waals surface area contributed by atoms with Crippen LogP contribution in [0, 0.1) is 40.9 Å². The largest absolute Gasteiger partial charge is 0.344 e. The van der Waals surface area contributed by atoms with Crippen LogP contribution in [0.4, 0.5) is 0 Å². The van der Waals surface area contributed by atoms with E-state index >= 15 is 0 Å². The second-order valence-electron chi connectivity index (χ2n) is 16.7. The summed E-state index contributed by atoms with van der Waals surface area (Å²) >= 11 is 0. The van der Waals surface area contributed by atoms with Crippen LogP contribution in [0.3, 0.4) is 0 Å². The van der Waals surface area contributed by atoms with Crippen LogP contribution in [0.15, 0.2) is 12.4 Å². The fourth-order valence-electron chi connectivity index (χ4n) is 8.89. The van der Waals surface area contributed by atoms with Crippen molar-refractivity contribution in [3.05, 3.63) is 18.2 Å². The number of aromatic nitrogens is 2. The van der Waals surface area contributed by atoms with E-state index < -0.39 is 35.1 Å². The van der Waals surface area contributed by atoms with Crippen molar-refractivity contribution in [2.24, 2.45) is 48.0 Å². The third-order valence-electron chi connectivity index (χ3n) is 11.8. The third kappa shape index (κ3) is 8.77. The molecule has 0 radical (unpaired) electrons. The summed E-state index contributed by atoms with van der Waals surface area (Å²) in [7, 11) is 1.76. The number of carbonyl (C=O) groups excluding carboxylic acids is 6. The monoisotopic (exact) mass is 678 g/mol. The van der Waals surface area contributed by atoms with Crippen LogP contribution in [-0.2, 0) is 31.0 Å². The molecule has 1 saturated heterocycles. The lowest BCUT2D eigenvalue weighted by atomic mass is 9.76. The molecule has 2 amide bonds. The fraction of sp³-hybridized carbons (Fsp3) is 0.769. The maximum absolute atomic E-state index is 14.7. The number of aryl methyl sites for hydroxylation is 1. The molecule has 0 bridgehead atoms. The second-order valence-corrected chi connectivity index (χ2v) is 16.7. The van der Waals surface area contributed by atoms with Gasteiger partial charge in [0.05, 0.1) is 6.04 Å². The SMILES string of the molecule is CCC[C@H](CC(=O)[C@@H]1[C@H]2CCC[C@H]2CN1C(=O)[C@@H](NC(=O)[C@@H](CC(=O)c1nccn1C)C1CCCCC1)C(C)(C)C)C(=O)C(=O)CC1CC1. The van der Waals surface area contributed by atoms with E-state index in [4.69, 9.17) is 0 Å². The molecule has 10 heteroatoms. The van der Waals surface area contributed by atoms with Crippen LogP contribution in [0.1, 0.15) is 135 Å². The predicted octanol–water partition coefficient (Wildman–Crippen LogP) is 5.66. The number of fused-ring (bicyclic) bond motifs is 1. The Morgan fingerprint density at radius 3 is 2.27 bits per heavy atom. The lowest BCUT2D eigenvalue weighted by molar-refractivity contribution is -0.146. The maximum atomic E-state index is 14.7. The van der Waals surface area contributed by atoms with E-state index in [0.29, 0.717) is 31.1 Å². The van der Waals surface area contributed by atoms with E-state index in [1.165, 1.54) is 0 Å². The number of likely N-dealkylation sites (tertiary alicyclic amines) is 1. The van der Waals surface area contributed by atoms with Crippen molar-refractivity contribution >= 4 is 34.9 Å². The smallest absolute Gasteiger partial charge is 0.246 e. The molecule has 4 fully saturated rings. The van der Waals surface area contributed by atoms with Crippen molar-refractivity contribution in [1.82, 2.24) is 19.8 Å². The Morgan fingerprint density at radius 1 is 0.939 bits per heavy atom. The summed E-state index contributed by atoms with van der Waals surface area (Å²) < 4.78 is 1.67. The molecule has 3 saturated carbocycles. The normalized spacial score (nSPS) is 24.6. The number of Topliss-reactive ketones (excluding diaryl/α,β-unsaturated/α-hetero) is 4. The van der Waals surface area contributed by atoms with Gasteiger partial charge in [-0.1, -0.05) is 59.8 Å². The molecule has 3 aliphatic carbocycles. The first-order valence-corrected chi connectivity index (χ1v) is 19.0. The summed E-state index contributed by atoms with van der Waals surface area (Å²) in [5, 5.41) is 3.12. The topological polar surface area (TPSA) is 136 Å². The second kappa shape index (κ2) is 15.8.